The second-order valence-electron chi connectivity index (χ2n) is 4.47. The molecule has 0 aliphatic carbocycles. The van der Waals surface area contributed by atoms with Crippen molar-refractivity contribution < 1.29 is 4.79 Å². The summed E-state index contributed by atoms with van der Waals surface area (Å²) in [7, 11) is 0. The van der Waals surface area contributed by atoms with E-state index in [0.29, 0.717) is 0 Å². The minimum atomic E-state index is -0.408. The van der Waals surface area contributed by atoms with Crippen LogP contribution in [0.5, 0.6) is 0 Å². The molecule has 88 valence electrons. The minimum absolute atomic E-state index is 0.120. The number of nitrogens with one attached hydrogen (secondary N) is 1. The van der Waals surface area contributed by atoms with Gasteiger partial charge < -0.3 is 5.32 Å². The Morgan fingerprint density at radius 1 is 1.62 bits per heavy atom. The van der Waals surface area contributed by atoms with Crippen LogP contribution in [0.2, 0.25) is 0 Å². The number of amides is 1. The second kappa shape index (κ2) is 4.47. The zero-order valence-corrected chi connectivity index (χ0v) is 11.8. The molecule has 1 amide bonds. The highest BCUT2D eigenvalue weighted by atomic mass is 79.9. The van der Waals surface area contributed by atoms with Gasteiger partial charge in [0.25, 0.3) is 0 Å². The molecule has 2 heterocycles. The Kier molecular flexibility index (Phi) is 3.37. The maximum absolute atomic E-state index is 11.8. The van der Waals surface area contributed by atoms with Crippen LogP contribution in [0.1, 0.15) is 18.7 Å². The highest BCUT2D eigenvalue weighted by molar-refractivity contribution is 9.10. The molecule has 2 rings (SSSR count). The van der Waals surface area contributed by atoms with Crippen molar-refractivity contribution in [3.05, 3.63) is 20.8 Å². The van der Waals surface area contributed by atoms with Gasteiger partial charge in [-0.25, -0.2) is 0 Å². The lowest BCUT2D eigenvalue weighted by Gasteiger charge is -2.40. The lowest BCUT2D eigenvalue weighted by molar-refractivity contribution is -0.135. The van der Waals surface area contributed by atoms with E-state index in [1.807, 2.05) is 13.8 Å². The molecular formula is C11H15BrN2OS. The molecule has 0 aromatic carbocycles. The summed E-state index contributed by atoms with van der Waals surface area (Å²) in [5, 5.41) is 4.98. The van der Waals surface area contributed by atoms with Crippen LogP contribution in [-0.4, -0.2) is 29.4 Å². The van der Waals surface area contributed by atoms with E-state index in [1.54, 1.807) is 11.3 Å². The van der Waals surface area contributed by atoms with Gasteiger partial charge in [-0.15, -0.1) is 11.3 Å². The molecule has 3 nitrogen and oxygen atoms in total. The summed E-state index contributed by atoms with van der Waals surface area (Å²) in [4.78, 5) is 15.3. The lowest BCUT2D eigenvalue weighted by atomic mass is 9.99. The molecule has 5 heteroatoms. The largest absolute Gasteiger partial charge is 0.353 e. The van der Waals surface area contributed by atoms with Crippen molar-refractivity contribution in [1.29, 1.82) is 0 Å². The summed E-state index contributed by atoms with van der Waals surface area (Å²) >= 11 is 5.17. The molecule has 16 heavy (non-hydrogen) atoms. The number of halogens is 1. The van der Waals surface area contributed by atoms with E-state index in [-0.39, 0.29) is 5.91 Å². The molecule has 1 aromatic heterocycles. The molecule has 1 N–H and O–H groups in total. The third kappa shape index (κ3) is 2.31. The van der Waals surface area contributed by atoms with Crippen LogP contribution >= 0.6 is 27.3 Å². The van der Waals surface area contributed by atoms with Crippen molar-refractivity contribution in [1.82, 2.24) is 10.2 Å². The maximum Gasteiger partial charge on any atom is 0.240 e. The highest BCUT2D eigenvalue weighted by Gasteiger charge is 2.37. The fraction of sp³-hybridized carbons (Fsp3) is 0.545. The van der Waals surface area contributed by atoms with Crippen molar-refractivity contribution in [3.63, 3.8) is 0 Å². The van der Waals surface area contributed by atoms with Crippen LogP contribution < -0.4 is 5.32 Å². The minimum Gasteiger partial charge on any atom is -0.353 e. The maximum atomic E-state index is 11.8. The molecule has 1 aliphatic heterocycles. The summed E-state index contributed by atoms with van der Waals surface area (Å²) in [6.45, 7) is 6.45. The SMILES string of the molecule is CC1(C)C(=O)NCCN1Cc1cc(Br)cs1. The number of hydrogen-bond donors (Lipinski definition) is 1. The topological polar surface area (TPSA) is 32.3 Å². The van der Waals surface area contributed by atoms with E-state index in [0.717, 1.165) is 24.1 Å². The monoisotopic (exact) mass is 302 g/mol. The fourth-order valence-corrected chi connectivity index (χ4v) is 3.31. The van der Waals surface area contributed by atoms with E-state index >= 15 is 0 Å². The van der Waals surface area contributed by atoms with Gasteiger partial charge in [0.1, 0.15) is 0 Å². The van der Waals surface area contributed by atoms with Gasteiger partial charge in [0.15, 0.2) is 0 Å². The van der Waals surface area contributed by atoms with Gasteiger partial charge in [0.05, 0.1) is 5.54 Å². The van der Waals surface area contributed by atoms with Crippen LogP contribution in [0.4, 0.5) is 0 Å². The number of rotatable bonds is 2. The van der Waals surface area contributed by atoms with Crippen LogP contribution in [-0.2, 0) is 11.3 Å². The van der Waals surface area contributed by atoms with E-state index in [4.69, 9.17) is 0 Å². The van der Waals surface area contributed by atoms with Gasteiger partial charge in [-0.1, -0.05) is 0 Å². The molecule has 1 aliphatic rings. The zero-order chi connectivity index (χ0) is 11.8. The number of piperazine rings is 1. The predicted octanol–water partition coefficient (Wildman–Crippen LogP) is 2.22. The molecular weight excluding hydrogens is 288 g/mol. The smallest absolute Gasteiger partial charge is 0.240 e. The Hall–Kier alpha value is -0.390. The predicted molar refractivity (Wildman–Crippen MR) is 69.5 cm³/mol. The van der Waals surface area contributed by atoms with Crippen molar-refractivity contribution in [3.8, 4) is 0 Å². The van der Waals surface area contributed by atoms with Crippen LogP contribution in [0, 0.1) is 0 Å². The second-order valence-corrected chi connectivity index (χ2v) is 6.38. The molecule has 0 radical (unpaired) electrons. The van der Waals surface area contributed by atoms with E-state index < -0.39 is 5.54 Å². The Bertz CT molecular complexity index is 402. The third-order valence-corrected chi connectivity index (χ3v) is 4.66. The first kappa shape index (κ1) is 12.1. The first-order valence-corrected chi connectivity index (χ1v) is 6.93. The Balaban J connectivity index is 2.11. The summed E-state index contributed by atoms with van der Waals surface area (Å²) in [5.74, 6) is 0.120. The Morgan fingerprint density at radius 2 is 2.38 bits per heavy atom. The van der Waals surface area contributed by atoms with Gasteiger partial charge in [-0.3, -0.25) is 9.69 Å². The number of carbonyl (C=O) groups excluding carboxylic acids is 1. The number of thiophene rings is 1. The summed E-state index contributed by atoms with van der Waals surface area (Å²) in [5.41, 5.74) is -0.408. The molecule has 0 unspecified atom stereocenters. The molecule has 0 saturated carbocycles. The molecule has 1 fully saturated rings. The van der Waals surface area contributed by atoms with Gasteiger partial charge in [-0.05, 0) is 35.8 Å². The van der Waals surface area contributed by atoms with Crippen molar-refractivity contribution in [2.24, 2.45) is 0 Å². The van der Waals surface area contributed by atoms with E-state index in [2.05, 4.69) is 37.6 Å². The highest BCUT2D eigenvalue weighted by Crippen LogP contribution is 2.25. The normalized spacial score (nSPS) is 20.8. The standard InChI is InChI=1S/C11H15BrN2OS/c1-11(2)10(15)13-3-4-14(11)6-9-5-8(12)7-16-9/h5,7H,3-4,6H2,1-2H3,(H,13,15). The van der Waals surface area contributed by atoms with Gasteiger partial charge in [0.2, 0.25) is 5.91 Å². The first-order chi connectivity index (χ1) is 7.50. The number of nitrogens with zero attached hydrogens (tertiary/aromatic N) is 1. The molecule has 1 aromatic rings. The van der Waals surface area contributed by atoms with Crippen molar-refractivity contribution >= 4 is 33.2 Å². The average Bonchev–Trinajstić information content (AvgIpc) is 2.60. The molecule has 1 saturated heterocycles. The van der Waals surface area contributed by atoms with Crippen molar-refractivity contribution in [2.45, 2.75) is 25.9 Å². The number of carbonyl (C=O) groups is 1. The quantitative estimate of drug-likeness (QED) is 0.908. The lowest BCUT2D eigenvalue weighted by Crippen LogP contribution is -2.61. The Labute approximate surface area is 108 Å². The molecule has 0 atom stereocenters. The van der Waals surface area contributed by atoms with Crippen molar-refractivity contribution in [2.75, 3.05) is 13.1 Å². The number of hydrogen-bond acceptors (Lipinski definition) is 3. The van der Waals surface area contributed by atoms with Crippen LogP contribution in [0.25, 0.3) is 0 Å². The average molecular weight is 303 g/mol. The summed E-state index contributed by atoms with van der Waals surface area (Å²) < 4.78 is 1.12. The van der Waals surface area contributed by atoms with Gasteiger partial charge >= 0.3 is 0 Å². The summed E-state index contributed by atoms with van der Waals surface area (Å²) in [6, 6.07) is 2.12. The van der Waals surface area contributed by atoms with E-state index in [1.165, 1.54) is 4.88 Å². The zero-order valence-electron chi connectivity index (χ0n) is 9.42. The third-order valence-electron chi connectivity index (χ3n) is 2.98. The van der Waals surface area contributed by atoms with Crippen LogP contribution in [0.15, 0.2) is 15.9 Å². The van der Waals surface area contributed by atoms with Crippen LogP contribution in [0.3, 0.4) is 0 Å². The summed E-state index contributed by atoms with van der Waals surface area (Å²) in [6.07, 6.45) is 0. The first-order valence-electron chi connectivity index (χ1n) is 5.26. The Morgan fingerprint density at radius 3 is 3.00 bits per heavy atom. The molecule has 0 bridgehead atoms. The van der Waals surface area contributed by atoms with Gasteiger partial charge in [0, 0.05) is 34.4 Å². The fourth-order valence-electron chi connectivity index (χ4n) is 1.85. The van der Waals surface area contributed by atoms with E-state index in [9.17, 15) is 4.79 Å². The molecule has 0 spiro atoms. The van der Waals surface area contributed by atoms with Gasteiger partial charge in [-0.2, -0.15) is 0 Å².